The maximum absolute atomic E-state index is 13.3. The van der Waals surface area contributed by atoms with Gasteiger partial charge in [-0.2, -0.15) is 0 Å². The minimum atomic E-state index is -1.24. The SMILES string of the molecule is COC1CCC(Nc2ccc(F)c(N)c2C(=O)O)C1. The number of methoxy groups -OCH3 is 1. The average Bonchev–Trinajstić information content (AvgIpc) is 2.81. The van der Waals surface area contributed by atoms with Gasteiger partial charge in [0.1, 0.15) is 11.4 Å². The van der Waals surface area contributed by atoms with E-state index in [4.69, 9.17) is 15.6 Å². The first-order chi connectivity index (χ1) is 9.02. The largest absolute Gasteiger partial charge is 0.478 e. The van der Waals surface area contributed by atoms with Crippen LogP contribution in [0.2, 0.25) is 0 Å². The van der Waals surface area contributed by atoms with Gasteiger partial charge in [0.2, 0.25) is 0 Å². The van der Waals surface area contributed by atoms with Crippen molar-refractivity contribution in [3.05, 3.63) is 23.5 Å². The van der Waals surface area contributed by atoms with Crippen molar-refractivity contribution >= 4 is 17.3 Å². The first-order valence-corrected chi connectivity index (χ1v) is 6.13. The van der Waals surface area contributed by atoms with E-state index in [0.717, 1.165) is 19.3 Å². The minimum Gasteiger partial charge on any atom is -0.478 e. The Morgan fingerprint density at radius 1 is 1.53 bits per heavy atom. The Morgan fingerprint density at radius 2 is 2.26 bits per heavy atom. The summed E-state index contributed by atoms with van der Waals surface area (Å²) in [6.07, 6.45) is 2.79. The molecule has 1 saturated carbocycles. The molecule has 6 heteroatoms. The number of carboxylic acid groups (broad SMARTS) is 1. The van der Waals surface area contributed by atoms with Crippen molar-refractivity contribution in [2.45, 2.75) is 31.4 Å². The monoisotopic (exact) mass is 268 g/mol. The van der Waals surface area contributed by atoms with Gasteiger partial charge in [-0.1, -0.05) is 0 Å². The highest BCUT2D eigenvalue weighted by Gasteiger charge is 2.26. The van der Waals surface area contributed by atoms with Crippen molar-refractivity contribution in [2.24, 2.45) is 0 Å². The van der Waals surface area contributed by atoms with Crippen LogP contribution in [-0.2, 0) is 4.74 Å². The fourth-order valence-electron chi connectivity index (χ4n) is 2.45. The number of aromatic carboxylic acids is 1. The van der Waals surface area contributed by atoms with Crippen LogP contribution in [0, 0.1) is 5.82 Å². The predicted octanol–water partition coefficient (Wildman–Crippen LogP) is 2.09. The number of hydrogen-bond donors (Lipinski definition) is 3. The van der Waals surface area contributed by atoms with Crippen LogP contribution in [0.15, 0.2) is 12.1 Å². The molecule has 104 valence electrons. The van der Waals surface area contributed by atoms with Gasteiger partial charge in [-0.25, -0.2) is 9.18 Å². The Morgan fingerprint density at radius 3 is 2.84 bits per heavy atom. The smallest absolute Gasteiger partial charge is 0.340 e. The fourth-order valence-corrected chi connectivity index (χ4v) is 2.45. The van der Waals surface area contributed by atoms with Crippen LogP contribution in [0.25, 0.3) is 0 Å². The molecular weight excluding hydrogens is 251 g/mol. The number of carboxylic acids is 1. The molecular formula is C13H17FN2O3. The van der Waals surface area contributed by atoms with E-state index in [0.29, 0.717) is 5.69 Å². The molecule has 0 aliphatic heterocycles. The van der Waals surface area contributed by atoms with E-state index in [2.05, 4.69) is 5.32 Å². The Bertz CT molecular complexity index is 493. The molecule has 1 fully saturated rings. The van der Waals surface area contributed by atoms with Crippen molar-refractivity contribution in [1.29, 1.82) is 0 Å². The van der Waals surface area contributed by atoms with Crippen LogP contribution in [0.5, 0.6) is 0 Å². The first kappa shape index (κ1) is 13.6. The Labute approximate surface area is 110 Å². The summed E-state index contributed by atoms with van der Waals surface area (Å²) in [6.45, 7) is 0. The molecule has 1 aliphatic carbocycles. The molecule has 0 radical (unpaired) electrons. The number of carbonyl (C=O) groups is 1. The molecule has 19 heavy (non-hydrogen) atoms. The van der Waals surface area contributed by atoms with Gasteiger partial charge >= 0.3 is 5.97 Å². The summed E-state index contributed by atoms with van der Waals surface area (Å²) in [6, 6.07) is 2.70. The molecule has 0 saturated heterocycles. The second kappa shape index (κ2) is 5.44. The number of nitrogens with two attached hydrogens (primary N) is 1. The zero-order valence-corrected chi connectivity index (χ0v) is 10.6. The molecule has 0 bridgehead atoms. The molecule has 2 unspecified atom stereocenters. The third-order valence-corrected chi connectivity index (χ3v) is 3.48. The lowest BCUT2D eigenvalue weighted by Gasteiger charge is -2.17. The molecule has 2 atom stereocenters. The number of rotatable bonds is 4. The summed E-state index contributed by atoms with van der Waals surface area (Å²) in [5, 5.41) is 12.2. The second-order valence-corrected chi connectivity index (χ2v) is 4.70. The minimum absolute atomic E-state index is 0.118. The lowest BCUT2D eigenvalue weighted by atomic mass is 10.1. The second-order valence-electron chi connectivity index (χ2n) is 4.70. The normalized spacial score (nSPS) is 22.4. The number of benzene rings is 1. The topological polar surface area (TPSA) is 84.6 Å². The maximum atomic E-state index is 13.3. The summed E-state index contributed by atoms with van der Waals surface area (Å²) in [4.78, 5) is 11.2. The van der Waals surface area contributed by atoms with E-state index < -0.39 is 11.8 Å². The van der Waals surface area contributed by atoms with Crippen molar-refractivity contribution < 1.29 is 19.0 Å². The van der Waals surface area contributed by atoms with Gasteiger partial charge < -0.3 is 20.9 Å². The van der Waals surface area contributed by atoms with Crippen molar-refractivity contribution in [2.75, 3.05) is 18.2 Å². The summed E-state index contributed by atoms with van der Waals surface area (Å²) < 4.78 is 18.6. The van der Waals surface area contributed by atoms with Gasteiger partial charge in [-0.05, 0) is 31.4 Å². The highest BCUT2D eigenvalue weighted by Crippen LogP contribution is 2.29. The number of anilines is 2. The van der Waals surface area contributed by atoms with E-state index in [1.165, 1.54) is 12.1 Å². The van der Waals surface area contributed by atoms with Crippen LogP contribution in [-0.4, -0.2) is 30.3 Å². The van der Waals surface area contributed by atoms with E-state index in [9.17, 15) is 9.18 Å². The Kier molecular flexibility index (Phi) is 3.90. The molecule has 1 aromatic rings. The van der Waals surface area contributed by atoms with Crippen LogP contribution in [0.4, 0.5) is 15.8 Å². The number of nitrogen functional groups attached to an aromatic ring is 1. The number of ether oxygens (including phenoxy) is 1. The van der Waals surface area contributed by atoms with E-state index in [1.807, 2.05) is 0 Å². The van der Waals surface area contributed by atoms with E-state index in [1.54, 1.807) is 7.11 Å². The molecule has 5 nitrogen and oxygen atoms in total. The fraction of sp³-hybridized carbons (Fsp3) is 0.462. The Hall–Kier alpha value is -1.82. The molecule has 0 amide bonds. The third kappa shape index (κ3) is 2.78. The summed E-state index contributed by atoms with van der Waals surface area (Å²) >= 11 is 0. The van der Waals surface area contributed by atoms with Crippen LogP contribution in [0.3, 0.4) is 0 Å². The van der Waals surface area contributed by atoms with Gasteiger partial charge in [0.25, 0.3) is 0 Å². The highest BCUT2D eigenvalue weighted by molar-refractivity contribution is 6.00. The number of halogens is 1. The summed E-state index contributed by atoms with van der Waals surface area (Å²) in [5.41, 5.74) is 5.30. The molecule has 0 heterocycles. The van der Waals surface area contributed by atoms with Crippen molar-refractivity contribution in [3.63, 3.8) is 0 Å². The first-order valence-electron chi connectivity index (χ1n) is 6.13. The van der Waals surface area contributed by atoms with Crippen molar-refractivity contribution in [1.82, 2.24) is 0 Å². The summed E-state index contributed by atoms with van der Waals surface area (Å²) in [7, 11) is 1.66. The van der Waals surface area contributed by atoms with Crippen LogP contribution < -0.4 is 11.1 Å². The van der Waals surface area contributed by atoms with Gasteiger partial charge in [0, 0.05) is 13.2 Å². The molecule has 0 spiro atoms. The zero-order valence-electron chi connectivity index (χ0n) is 10.6. The zero-order chi connectivity index (χ0) is 14.0. The third-order valence-electron chi connectivity index (χ3n) is 3.48. The molecule has 1 aliphatic rings. The van der Waals surface area contributed by atoms with Gasteiger partial charge in [0.05, 0.1) is 17.5 Å². The van der Waals surface area contributed by atoms with Crippen molar-refractivity contribution in [3.8, 4) is 0 Å². The molecule has 2 rings (SSSR count). The average molecular weight is 268 g/mol. The Balaban J connectivity index is 2.21. The number of hydrogen-bond acceptors (Lipinski definition) is 4. The van der Waals surface area contributed by atoms with Crippen LogP contribution in [0.1, 0.15) is 29.6 Å². The van der Waals surface area contributed by atoms with Gasteiger partial charge in [-0.15, -0.1) is 0 Å². The van der Waals surface area contributed by atoms with Crippen LogP contribution >= 0.6 is 0 Å². The maximum Gasteiger partial charge on any atom is 0.340 e. The molecule has 4 N–H and O–H groups in total. The van der Waals surface area contributed by atoms with Gasteiger partial charge in [-0.3, -0.25) is 0 Å². The lowest BCUT2D eigenvalue weighted by molar-refractivity contribution is 0.0698. The summed E-state index contributed by atoms with van der Waals surface area (Å²) in [5.74, 6) is -1.95. The lowest BCUT2D eigenvalue weighted by Crippen LogP contribution is -2.20. The van der Waals surface area contributed by atoms with E-state index in [-0.39, 0.29) is 23.4 Å². The highest BCUT2D eigenvalue weighted by atomic mass is 19.1. The van der Waals surface area contributed by atoms with E-state index >= 15 is 0 Å². The molecule has 1 aromatic carbocycles. The predicted molar refractivity (Wildman–Crippen MR) is 69.8 cm³/mol. The number of nitrogens with one attached hydrogen (secondary N) is 1. The standard InChI is InChI=1S/C13H17FN2O3/c1-19-8-3-2-7(6-8)16-10-5-4-9(14)12(15)11(10)13(17)18/h4-5,7-8,16H,2-3,6,15H2,1H3,(H,17,18). The van der Waals surface area contributed by atoms with Gasteiger partial charge in [0.15, 0.2) is 0 Å². The quantitative estimate of drug-likeness (QED) is 0.728. The molecule has 0 aromatic heterocycles.